The van der Waals surface area contributed by atoms with E-state index in [1.165, 1.54) is 0 Å². The molecule has 1 aliphatic carbocycles. The minimum atomic E-state index is -0.559. The fourth-order valence-corrected chi connectivity index (χ4v) is 3.70. The van der Waals surface area contributed by atoms with Crippen LogP contribution in [0.3, 0.4) is 0 Å². The molecule has 2 aliphatic heterocycles. The second-order valence-corrected chi connectivity index (χ2v) is 7.10. The van der Waals surface area contributed by atoms with Crippen molar-refractivity contribution in [2.45, 2.75) is 56.4 Å². The number of morpholine rings is 1. The number of carbonyl (C=O) groups is 2. The molecule has 146 valence electrons. The Hall–Kier alpha value is -1.64. The average Bonchev–Trinajstić information content (AvgIpc) is 3.16. The molecular weight excluding hydrogens is 338 g/mol. The van der Waals surface area contributed by atoms with Gasteiger partial charge >= 0.3 is 6.03 Å². The van der Waals surface area contributed by atoms with Crippen molar-refractivity contribution in [1.82, 2.24) is 15.5 Å². The molecule has 26 heavy (non-hydrogen) atoms. The van der Waals surface area contributed by atoms with Crippen LogP contribution in [-0.2, 0) is 14.3 Å². The largest absolute Gasteiger partial charge is 0.394 e. The molecule has 3 atom stereocenters. The lowest BCUT2D eigenvalue weighted by Gasteiger charge is -2.33. The molecule has 0 unspecified atom stereocenters. The van der Waals surface area contributed by atoms with E-state index < -0.39 is 18.2 Å². The summed E-state index contributed by atoms with van der Waals surface area (Å²) in [5.41, 5.74) is 0. The Labute approximate surface area is 153 Å². The van der Waals surface area contributed by atoms with Crippen molar-refractivity contribution in [3.63, 3.8) is 0 Å². The zero-order valence-electron chi connectivity index (χ0n) is 15.1. The summed E-state index contributed by atoms with van der Waals surface area (Å²) < 4.78 is 11.1. The summed E-state index contributed by atoms with van der Waals surface area (Å²) in [6, 6.07) is -0.414. The first-order valence-corrected chi connectivity index (χ1v) is 9.53. The molecule has 8 heteroatoms. The molecule has 0 aromatic heterocycles. The number of amides is 3. The van der Waals surface area contributed by atoms with E-state index in [1.54, 1.807) is 11.0 Å². The van der Waals surface area contributed by atoms with Crippen LogP contribution in [0.2, 0.25) is 0 Å². The zero-order chi connectivity index (χ0) is 18.4. The van der Waals surface area contributed by atoms with Gasteiger partial charge in [-0.2, -0.15) is 0 Å². The van der Waals surface area contributed by atoms with Crippen LogP contribution in [0.15, 0.2) is 12.2 Å². The van der Waals surface area contributed by atoms with Crippen molar-refractivity contribution in [3.05, 3.63) is 12.2 Å². The number of aliphatic hydroxyl groups is 1. The number of hydrogen-bond donors (Lipinski definition) is 3. The van der Waals surface area contributed by atoms with Gasteiger partial charge in [0.15, 0.2) is 0 Å². The summed E-state index contributed by atoms with van der Waals surface area (Å²) in [6.07, 6.45) is 7.22. The lowest BCUT2D eigenvalue weighted by Crippen LogP contribution is -2.53. The van der Waals surface area contributed by atoms with Crippen LogP contribution in [-0.4, -0.2) is 79.1 Å². The third-order valence-electron chi connectivity index (χ3n) is 5.19. The first-order chi connectivity index (χ1) is 12.7. The van der Waals surface area contributed by atoms with Gasteiger partial charge in [-0.05, 0) is 12.8 Å². The molecule has 0 bridgehead atoms. The van der Waals surface area contributed by atoms with Crippen LogP contribution in [0.5, 0.6) is 0 Å². The highest BCUT2D eigenvalue weighted by molar-refractivity contribution is 5.77. The lowest BCUT2D eigenvalue weighted by atomic mass is 10.0. The van der Waals surface area contributed by atoms with Gasteiger partial charge in [-0.1, -0.05) is 25.0 Å². The molecule has 2 fully saturated rings. The minimum absolute atomic E-state index is 0.0185. The van der Waals surface area contributed by atoms with Crippen LogP contribution < -0.4 is 10.6 Å². The standard InChI is InChI=1S/C18H29N3O5/c22-12-16-15(20-18(24)19-13-3-1-2-4-13)6-5-14(26-16)11-17(23)21-7-9-25-10-8-21/h5-6,13-16,22H,1-4,7-12H2,(H2,19,20,24)/t14-,15+,16+/m1/s1. The van der Waals surface area contributed by atoms with Crippen molar-refractivity contribution in [1.29, 1.82) is 0 Å². The molecule has 0 spiro atoms. The Morgan fingerprint density at radius 1 is 1.12 bits per heavy atom. The van der Waals surface area contributed by atoms with Crippen LogP contribution in [0, 0.1) is 0 Å². The summed E-state index contributed by atoms with van der Waals surface area (Å²) in [7, 11) is 0. The molecule has 3 amide bonds. The van der Waals surface area contributed by atoms with E-state index in [-0.39, 0.29) is 31.0 Å². The van der Waals surface area contributed by atoms with E-state index in [2.05, 4.69) is 10.6 Å². The van der Waals surface area contributed by atoms with Gasteiger partial charge in [-0.3, -0.25) is 4.79 Å². The maximum Gasteiger partial charge on any atom is 0.315 e. The molecule has 3 rings (SSSR count). The van der Waals surface area contributed by atoms with E-state index in [0.717, 1.165) is 25.7 Å². The molecule has 3 N–H and O–H groups in total. The predicted molar refractivity (Wildman–Crippen MR) is 94.6 cm³/mol. The Bertz CT molecular complexity index is 515. The molecule has 1 saturated heterocycles. The third-order valence-corrected chi connectivity index (χ3v) is 5.19. The third kappa shape index (κ3) is 5.18. The van der Waals surface area contributed by atoms with Gasteiger partial charge in [0.25, 0.3) is 0 Å². The highest BCUT2D eigenvalue weighted by Crippen LogP contribution is 2.19. The predicted octanol–water partition coefficient (Wildman–Crippen LogP) is 0.162. The average molecular weight is 367 g/mol. The van der Waals surface area contributed by atoms with Crippen molar-refractivity contribution in [3.8, 4) is 0 Å². The van der Waals surface area contributed by atoms with E-state index >= 15 is 0 Å². The summed E-state index contributed by atoms with van der Waals surface area (Å²) in [6.45, 7) is 2.11. The summed E-state index contributed by atoms with van der Waals surface area (Å²) in [5, 5.41) is 15.4. The van der Waals surface area contributed by atoms with Crippen molar-refractivity contribution < 1.29 is 24.2 Å². The van der Waals surface area contributed by atoms with Gasteiger partial charge in [0.05, 0.1) is 38.4 Å². The Morgan fingerprint density at radius 2 is 1.85 bits per heavy atom. The number of rotatable bonds is 5. The maximum atomic E-state index is 12.3. The number of aliphatic hydroxyl groups excluding tert-OH is 1. The Kier molecular flexibility index (Phi) is 6.87. The van der Waals surface area contributed by atoms with Gasteiger partial charge in [0.2, 0.25) is 5.91 Å². The number of carbonyl (C=O) groups excluding carboxylic acids is 2. The number of urea groups is 1. The van der Waals surface area contributed by atoms with Crippen LogP contribution in [0.4, 0.5) is 4.79 Å². The van der Waals surface area contributed by atoms with Gasteiger partial charge in [-0.15, -0.1) is 0 Å². The normalized spacial score (nSPS) is 29.6. The quantitative estimate of drug-likeness (QED) is 0.601. The van der Waals surface area contributed by atoms with E-state index in [9.17, 15) is 14.7 Å². The fraction of sp³-hybridized carbons (Fsp3) is 0.778. The summed E-state index contributed by atoms with van der Waals surface area (Å²) in [5.74, 6) is 0.0185. The van der Waals surface area contributed by atoms with Crippen LogP contribution in [0.25, 0.3) is 0 Å². The smallest absolute Gasteiger partial charge is 0.315 e. The van der Waals surface area contributed by atoms with Crippen molar-refractivity contribution in [2.24, 2.45) is 0 Å². The number of ether oxygens (including phenoxy) is 2. The number of hydrogen-bond acceptors (Lipinski definition) is 5. The topological polar surface area (TPSA) is 100 Å². The molecular formula is C18H29N3O5. The molecule has 0 aromatic carbocycles. The van der Waals surface area contributed by atoms with Crippen molar-refractivity contribution >= 4 is 11.9 Å². The summed E-state index contributed by atoms with van der Waals surface area (Å²) >= 11 is 0. The molecule has 8 nitrogen and oxygen atoms in total. The molecule has 2 heterocycles. The fourth-order valence-electron chi connectivity index (χ4n) is 3.70. The van der Waals surface area contributed by atoms with Crippen molar-refractivity contribution in [2.75, 3.05) is 32.9 Å². The zero-order valence-corrected chi connectivity index (χ0v) is 15.1. The second-order valence-electron chi connectivity index (χ2n) is 7.10. The Morgan fingerprint density at radius 3 is 2.54 bits per heavy atom. The number of nitrogens with one attached hydrogen (secondary N) is 2. The van der Waals surface area contributed by atoms with Crippen LogP contribution >= 0.6 is 0 Å². The summed E-state index contributed by atoms with van der Waals surface area (Å²) in [4.78, 5) is 26.2. The highest BCUT2D eigenvalue weighted by atomic mass is 16.5. The maximum absolute atomic E-state index is 12.3. The first-order valence-electron chi connectivity index (χ1n) is 9.53. The van der Waals surface area contributed by atoms with Gasteiger partial charge in [0.1, 0.15) is 6.10 Å². The SMILES string of the molecule is O=C(NC1CCCC1)N[C@H]1C=C[C@H](CC(=O)N2CCOCC2)O[C@H]1CO. The molecule has 3 aliphatic rings. The first kappa shape index (κ1) is 19.1. The Balaban J connectivity index is 1.49. The van der Waals surface area contributed by atoms with Gasteiger partial charge in [-0.25, -0.2) is 4.79 Å². The van der Waals surface area contributed by atoms with Gasteiger partial charge < -0.3 is 30.1 Å². The highest BCUT2D eigenvalue weighted by Gasteiger charge is 2.30. The van der Waals surface area contributed by atoms with Crippen LogP contribution in [0.1, 0.15) is 32.1 Å². The second kappa shape index (κ2) is 9.34. The molecule has 1 saturated carbocycles. The molecule has 0 aromatic rings. The van der Waals surface area contributed by atoms with E-state index in [4.69, 9.17) is 9.47 Å². The monoisotopic (exact) mass is 367 g/mol. The lowest BCUT2D eigenvalue weighted by molar-refractivity contribution is -0.139. The minimum Gasteiger partial charge on any atom is -0.394 e. The van der Waals surface area contributed by atoms with Gasteiger partial charge in [0, 0.05) is 19.1 Å². The van der Waals surface area contributed by atoms with E-state index in [0.29, 0.717) is 26.3 Å². The number of nitrogens with zero attached hydrogens (tertiary/aromatic N) is 1. The molecule has 0 radical (unpaired) electrons. The van der Waals surface area contributed by atoms with E-state index in [1.807, 2.05) is 6.08 Å².